The van der Waals surface area contributed by atoms with Crippen LogP contribution < -0.4 is 10.4 Å². The van der Waals surface area contributed by atoms with Crippen molar-refractivity contribution >= 4 is 35.5 Å². The molecule has 3 aromatic carbocycles. The largest absolute Gasteiger partial charge is 0.124 e. The van der Waals surface area contributed by atoms with E-state index < -0.39 is 0 Å². The monoisotopic (exact) mass is 542 g/mol. The summed E-state index contributed by atoms with van der Waals surface area (Å²) in [5.74, 6) is 0.331. The highest BCUT2D eigenvalue weighted by Crippen LogP contribution is 2.48. The summed E-state index contributed by atoms with van der Waals surface area (Å²) in [6, 6.07) is 18.2. The maximum absolute atomic E-state index is 4.16. The molecule has 0 saturated heterocycles. The topological polar surface area (TPSA) is 0 Å². The zero-order chi connectivity index (χ0) is 29.2. The third kappa shape index (κ3) is 4.60. The van der Waals surface area contributed by atoms with Gasteiger partial charge in [-0.05, 0) is 123 Å². The second kappa shape index (κ2) is 11.7. The average molecular weight is 543 g/mol. The van der Waals surface area contributed by atoms with Crippen molar-refractivity contribution in [2.24, 2.45) is 0 Å². The van der Waals surface area contributed by atoms with Gasteiger partial charge in [0.2, 0.25) is 0 Å². The molecule has 0 heteroatoms. The number of rotatable bonds is 4. The van der Waals surface area contributed by atoms with Crippen LogP contribution in [0.2, 0.25) is 0 Å². The van der Waals surface area contributed by atoms with Crippen LogP contribution in [0, 0.1) is 12.8 Å². The SMILES string of the molecule is C#C.C=C/C=c1/c(-c2ccc3c(c2)CCC=C3)c2c(c(C3=CC4=C(C=CCC4)C[C@@H]3c3ccccc3)/c1=C/C)C=C2C. The standard InChI is InChI=1S/C40H36.C2H2/c1-4-13-34-33(5-2)40(36-25-31-19-12-11-18-30(31)24-35(36)28-15-7-6-8-16-28)37-22-26(3)38(37)39(34)32-21-20-27-14-9-10-17-29(27)23-32;1-2/h4-9,11,13-16,18,20-23,25,35H,1,10,12,17,19,24H2,2-3H3;1-2H/b33-5+,34-13+;/t35-;/m1./s1. The lowest BCUT2D eigenvalue weighted by Gasteiger charge is -2.34. The van der Waals surface area contributed by atoms with Gasteiger partial charge in [-0.15, -0.1) is 12.8 Å². The molecule has 0 saturated carbocycles. The van der Waals surface area contributed by atoms with E-state index in [0.717, 1.165) is 32.1 Å². The molecule has 0 bridgehead atoms. The van der Waals surface area contributed by atoms with Crippen LogP contribution in [0.25, 0.3) is 46.6 Å². The molecule has 0 aliphatic heterocycles. The molecule has 7 rings (SSSR count). The molecule has 0 nitrogen and oxygen atoms in total. The van der Waals surface area contributed by atoms with E-state index in [1.807, 2.05) is 6.08 Å². The lowest BCUT2D eigenvalue weighted by Crippen LogP contribution is -2.35. The van der Waals surface area contributed by atoms with Gasteiger partial charge >= 0.3 is 0 Å². The summed E-state index contributed by atoms with van der Waals surface area (Å²) >= 11 is 0. The first-order valence-corrected chi connectivity index (χ1v) is 15.1. The minimum atomic E-state index is 0.331. The van der Waals surface area contributed by atoms with E-state index >= 15 is 0 Å². The van der Waals surface area contributed by atoms with Crippen LogP contribution in [0.15, 0.2) is 96.6 Å². The van der Waals surface area contributed by atoms with E-state index in [-0.39, 0.29) is 0 Å². The predicted molar refractivity (Wildman–Crippen MR) is 184 cm³/mol. The van der Waals surface area contributed by atoms with Gasteiger partial charge in [-0.3, -0.25) is 0 Å². The van der Waals surface area contributed by atoms with E-state index in [0.29, 0.717) is 5.92 Å². The third-order valence-electron chi connectivity index (χ3n) is 9.19. The fourth-order valence-electron chi connectivity index (χ4n) is 7.31. The molecule has 0 N–H and O–H groups in total. The number of hydrogen-bond acceptors (Lipinski definition) is 0. The van der Waals surface area contributed by atoms with Crippen LogP contribution in [0.1, 0.15) is 78.8 Å². The third-order valence-corrected chi connectivity index (χ3v) is 9.19. The zero-order valence-corrected chi connectivity index (χ0v) is 24.8. The highest BCUT2D eigenvalue weighted by molar-refractivity contribution is 6.05. The van der Waals surface area contributed by atoms with Gasteiger partial charge in [0.15, 0.2) is 0 Å². The van der Waals surface area contributed by atoms with Gasteiger partial charge in [0.25, 0.3) is 0 Å². The molecule has 3 aromatic rings. The second-order valence-electron chi connectivity index (χ2n) is 11.5. The molecule has 0 amide bonds. The van der Waals surface area contributed by atoms with E-state index in [1.54, 1.807) is 0 Å². The number of allylic oxidation sites excluding steroid dienone is 9. The lowest BCUT2D eigenvalue weighted by molar-refractivity contribution is 0.806. The molecule has 4 aliphatic rings. The Bertz CT molecular complexity index is 1880. The Morgan fingerprint density at radius 2 is 1.62 bits per heavy atom. The summed E-state index contributed by atoms with van der Waals surface area (Å²) in [5, 5.41) is 2.62. The maximum Gasteiger partial charge on any atom is 0.0136 e. The minimum absolute atomic E-state index is 0.331. The van der Waals surface area contributed by atoms with Crippen molar-refractivity contribution < 1.29 is 0 Å². The Balaban J connectivity index is 0.00000155. The Morgan fingerprint density at radius 1 is 0.833 bits per heavy atom. The number of terminal acetylenes is 1. The van der Waals surface area contributed by atoms with E-state index in [1.165, 1.54) is 77.2 Å². The smallest absolute Gasteiger partial charge is 0.0136 e. The average Bonchev–Trinajstić information content (AvgIpc) is 3.05. The normalized spacial score (nSPS) is 19.0. The Labute approximate surface area is 251 Å². The molecule has 0 fully saturated rings. The zero-order valence-electron chi connectivity index (χ0n) is 24.8. The van der Waals surface area contributed by atoms with Crippen molar-refractivity contribution in [3.8, 4) is 24.0 Å². The summed E-state index contributed by atoms with van der Waals surface area (Å²) in [6.07, 6.45) is 34.4. The van der Waals surface area contributed by atoms with Crippen LogP contribution in [0.3, 0.4) is 0 Å². The second-order valence-corrected chi connectivity index (χ2v) is 11.5. The lowest BCUT2D eigenvalue weighted by atomic mass is 9.70. The molecular weight excluding hydrogens is 504 g/mol. The summed E-state index contributed by atoms with van der Waals surface area (Å²) in [5.41, 5.74) is 17.0. The number of benzene rings is 3. The van der Waals surface area contributed by atoms with Crippen molar-refractivity contribution in [2.75, 3.05) is 0 Å². The van der Waals surface area contributed by atoms with Crippen molar-refractivity contribution in [1.82, 2.24) is 0 Å². The minimum Gasteiger partial charge on any atom is -0.124 e. The highest BCUT2D eigenvalue weighted by Gasteiger charge is 2.32. The van der Waals surface area contributed by atoms with Gasteiger partial charge in [-0.25, -0.2) is 0 Å². The van der Waals surface area contributed by atoms with Crippen molar-refractivity contribution in [3.05, 3.63) is 140 Å². The summed E-state index contributed by atoms with van der Waals surface area (Å²) < 4.78 is 0. The van der Waals surface area contributed by atoms with Gasteiger partial charge in [-0.1, -0.05) is 110 Å². The molecule has 0 spiro atoms. The summed E-state index contributed by atoms with van der Waals surface area (Å²) in [6.45, 7) is 8.65. The van der Waals surface area contributed by atoms with Gasteiger partial charge in [0.1, 0.15) is 0 Å². The van der Waals surface area contributed by atoms with Crippen molar-refractivity contribution in [1.29, 1.82) is 0 Å². The maximum atomic E-state index is 4.16. The Kier molecular flexibility index (Phi) is 7.69. The van der Waals surface area contributed by atoms with Crippen molar-refractivity contribution in [2.45, 2.75) is 51.9 Å². The van der Waals surface area contributed by atoms with Gasteiger partial charge in [0.05, 0.1) is 0 Å². The first-order chi connectivity index (χ1) is 20.7. The first kappa shape index (κ1) is 27.6. The Hall–Kier alpha value is -4.60. The Morgan fingerprint density at radius 3 is 2.38 bits per heavy atom. The molecule has 4 aliphatic carbocycles. The molecule has 42 heavy (non-hydrogen) atoms. The predicted octanol–water partition coefficient (Wildman–Crippen LogP) is 9.42. The van der Waals surface area contributed by atoms with Crippen LogP contribution in [0.4, 0.5) is 0 Å². The number of aryl methyl sites for hydroxylation is 1. The highest BCUT2D eigenvalue weighted by atomic mass is 14.3. The first-order valence-electron chi connectivity index (χ1n) is 15.1. The number of fused-ring (bicyclic) bond motifs is 2. The summed E-state index contributed by atoms with van der Waals surface area (Å²) in [7, 11) is 0. The fourth-order valence-corrected chi connectivity index (χ4v) is 7.31. The van der Waals surface area contributed by atoms with Gasteiger partial charge < -0.3 is 0 Å². The summed E-state index contributed by atoms with van der Waals surface area (Å²) in [4.78, 5) is 0. The molecular formula is C42H38. The van der Waals surface area contributed by atoms with Crippen molar-refractivity contribution in [3.63, 3.8) is 0 Å². The van der Waals surface area contributed by atoms with E-state index in [9.17, 15) is 0 Å². The molecule has 0 aromatic heterocycles. The van der Waals surface area contributed by atoms with Crippen LogP contribution >= 0.6 is 0 Å². The number of hydrogen-bond donors (Lipinski definition) is 0. The van der Waals surface area contributed by atoms with Gasteiger partial charge in [0, 0.05) is 5.92 Å². The quantitative estimate of drug-likeness (QED) is 0.288. The van der Waals surface area contributed by atoms with E-state index in [4.69, 9.17) is 0 Å². The molecule has 1 atom stereocenters. The van der Waals surface area contributed by atoms with E-state index in [2.05, 4.69) is 130 Å². The van der Waals surface area contributed by atoms with Crippen LogP contribution in [0.5, 0.6) is 0 Å². The molecule has 0 radical (unpaired) electrons. The molecule has 0 heterocycles. The van der Waals surface area contributed by atoms with Crippen LogP contribution in [-0.2, 0) is 6.42 Å². The van der Waals surface area contributed by atoms with Gasteiger partial charge in [-0.2, -0.15) is 0 Å². The van der Waals surface area contributed by atoms with Crippen LogP contribution in [-0.4, -0.2) is 0 Å². The molecule has 206 valence electrons. The fraction of sp³-hybridized carbons (Fsp3) is 0.190. The molecule has 0 unspecified atom stereocenters.